The first kappa shape index (κ1) is 16.2. The predicted octanol–water partition coefficient (Wildman–Crippen LogP) is 2.46. The van der Waals surface area contributed by atoms with Gasteiger partial charge < -0.3 is 14.0 Å². The van der Waals surface area contributed by atoms with Gasteiger partial charge in [0.15, 0.2) is 11.5 Å². The summed E-state index contributed by atoms with van der Waals surface area (Å²) < 4.78 is 42.9. The zero-order chi connectivity index (χ0) is 17.4. The normalized spacial score (nSPS) is 14.6. The highest BCUT2D eigenvalue weighted by Crippen LogP contribution is 2.35. The first-order valence-corrected chi connectivity index (χ1v) is 10.4. The standard InChI is InChI=1S/C16H12N2O4S3/c1-2-5-18-11-9-12-13(22-7-6-21-12)10-14(11)24-16(18)17-25(19,20)15-4-3-8-23-15/h1,3-4,8-10H,5-7H2. The molecule has 25 heavy (non-hydrogen) atoms. The maximum absolute atomic E-state index is 12.5. The third-order valence-electron chi connectivity index (χ3n) is 3.54. The molecule has 4 rings (SSSR count). The van der Waals surface area contributed by atoms with Crippen LogP contribution < -0.4 is 14.3 Å². The molecular formula is C16H12N2O4S3. The molecule has 0 radical (unpaired) electrons. The number of benzene rings is 1. The number of thiazole rings is 1. The first-order valence-electron chi connectivity index (χ1n) is 7.29. The average molecular weight is 392 g/mol. The van der Waals surface area contributed by atoms with Gasteiger partial charge >= 0.3 is 0 Å². The van der Waals surface area contributed by atoms with Gasteiger partial charge in [0.05, 0.1) is 16.8 Å². The molecule has 0 saturated carbocycles. The van der Waals surface area contributed by atoms with Gasteiger partial charge in [0.1, 0.15) is 17.4 Å². The Morgan fingerprint density at radius 2 is 2.04 bits per heavy atom. The van der Waals surface area contributed by atoms with Gasteiger partial charge in [-0.05, 0) is 11.4 Å². The number of hydrogen-bond acceptors (Lipinski definition) is 6. The smallest absolute Gasteiger partial charge is 0.294 e. The molecule has 9 heteroatoms. The third-order valence-corrected chi connectivity index (χ3v) is 7.34. The van der Waals surface area contributed by atoms with Crippen LogP contribution in [-0.2, 0) is 16.6 Å². The molecule has 1 aliphatic heterocycles. The Labute approximate surface area is 152 Å². The van der Waals surface area contributed by atoms with E-state index >= 15 is 0 Å². The summed E-state index contributed by atoms with van der Waals surface area (Å²) >= 11 is 2.38. The van der Waals surface area contributed by atoms with Crippen molar-refractivity contribution in [3.63, 3.8) is 0 Å². The van der Waals surface area contributed by atoms with Crippen LogP contribution in [0.2, 0.25) is 0 Å². The van der Waals surface area contributed by atoms with Crippen molar-refractivity contribution in [1.82, 2.24) is 4.57 Å². The van der Waals surface area contributed by atoms with Crippen LogP contribution in [0.1, 0.15) is 0 Å². The molecular weight excluding hydrogens is 380 g/mol. The molecule has 128 valence electrons. The van der Waals surface area contributed by atoms with Gasteiger partial charge in [0.25, 0.3) is 10.0 Å². The monoisotopic (exact) mass is 392 g/mol. The predicted molar refractivity (Wildman–Crippen MR) is 96.7 cm³/mol. The van der Waals surface area contributed by atoms with Gasteiger partial charge in [-0.15, -0.1) is 22.2 Å². The van der Waals surface area contributed by atoms with Crippen molar-refractivity contribution < 1.29 is 17.9 Å². The van der Waals surface area contributed by atoms with Gasteiger partial charge in [-0.3, -0.25) is 0 Å². The molecule has 0 saturated heterocycles. The van der Waals surface area contributed by atoms with E-state index in [1.165, 1.54) is 17.4 Å². The van der Waals surface area contributed by atoms with Crippen LogP contribution in [-0.4, -0.2) is 26.2 Å². The number of aromatic nitrogens is 1. The van der Waals surface area contributed by atoms with E-state index in [0.717, 1.165) is 21.6 Å². The van der Waals surface area contributed by atoms with E-state index in [1.807, 2.05) is 12.1 Å². The summed E-state index contributed by atoms with van der Waals surface area (Å²) in [5.74, 6) is 3.81. The number of fused-ring (bicyclic) bond motifs is 2. The van der Waals surface area contributed by atoms with Crippen molar-refractivity contribution in [2.75, 3.05) is 13.2 Å². The fourth-order valence-electron chi connectivity index (χ4n) is 2.48. The quantitative estimate of drug-likeness (QED) is 0.642. The minimum absolute atomic E-state index is 0.197. The molecule has 0 atom stereocenters. The largest absolute Gasteiger partial charge is 0.486 e. The van der Waals surface area contributed by atoms with Gasteiger partial charge in [-0.25, -0.2) is 0 Å². The van der Waals surface area contributed by atoms with Crippen LogP contribution in [0.3, 0.4) is 0 Å². The molecule has 0 bridgehead atoms. The Hall–Kier alpha value is -2.28. The Balaban J connectivity index is 1.96. The highest BCUT2D eigenvalue weighted by atomic mass is 32.2. The Morgan fingerprint density at radius 3 is 2.72 bits per heavy atom. The minimum Gasteiger partial charge on any atom is -0.486 e. The van der Waals surface area contributed by atoms with E-state index < -0.39 is 10.0 Å². The number of thiophene rings is 1. The van der Waals surface area contributed by atoms with Crippen molar-refractivity contribution in [3.8, 4) is 23.8 Å². The Bertz CT molecular complexity index is 1150. The van der Waals surface area contributed by atoms with E-state index in [9.17, 15) is 8.42 Å². The maximum Gasteiger partial charge on any atom is 0.294 e. The summed E-state index contributed by atoms with van der Waals surface area (Å²) in [7, 11) is -3.78. The molecule has 0 aliphatic carbocycles. The number of rotatable bonds is 3. The molecule has 0 N–H and O–H groups in total. The number of terminal acetylenes is 1. The van der Waals surface area contributed by atoms with Crippen LogP contribution in [0, 0.1) is 12.3 Å². The highest BCUT2D eigenvalue weighted by Gasteiger charge is 2.18. The zero-order valence-electron chi connectivity index (χ0n) is 12.8. The second kappa shape index (κ2) is 6.22. The van der Waals surface area contributed by atoms with Crippen LogP contribution in [0.15, 0.2) is 38.3 Å². The second-order valence-electron chi connectivity index (χ2n) is 5.14. The Kier molecular flexibility index (Phi) is 4.03. The van der Waals surface area contributed by atoms with Crippen LogP contribution in [0.25, 0.3) is 10.2 Å². The lowest BCUT2D eigenvalue weighted by molar-refractivity contribution is 0.172. The lowest BCUT2D eigenvalue weighted by Crippen LogP contribution is -2.17. The van der Waals surface area contributed by atoms with Gasteiger partial charge in [-0.2, -0.15) is 8.42 Å². The minimum atomic E-state index is -3.78. The molecule has 6 nitrogen and oxygen atoms in total. The SMILES string of the molecule is C#CCn1c(=NS(=O)(=O)c2cccs2)sc2cc3c(cc21)OCCO3. The highest BCUT2D eigenvalue weighted by molar-refractivity contribution is 7.92. The average Bonchev–Trinajstić information content (AvgIpc) is 3.23. The van der Waals surface area contributed by atoms with E-state index in [4.69, 9.17) is 15.9 Å². The number of sulfonamides is 1. The molecule has 0 spiro atoms. The van der Waals surface area contributed by atoms with Crippen molar-refractivity contribution in [2.24, 2.45) is 4.40 Å². The van der Waals surface area contributed by atoms with Gasteiger partial charge in [0.2, 0.25) is 4.80 Å². The summed E-state index contributed by atoms with van der Waals surface area (Å²) in [6, 6.07) is 6.85. The van der Waals surface area contributed by atoms with Gasteiger partial charge in [0, 0.05) is 12.1 Å². The van der Waals surface area contributed by atoms with E-state index in [2.05, 4.69) is 10.3 Å². The van der Waals surface area contributed by atoms with Gasteiger partial charge in [-0.1, -0.05) is 23.3 Å². The Morgan fingerprint density at radius 1 is 1.28 bits per heavy atom. The molecule has 1 aromatic carbocycles. The van der Waals surface area contributed by atoms with Crippen molar-refractivity contribution in [3.05, 3.63) is 34.4 Å². The summed E-state index contributed by atoms with van der Waals surface area (Å²) in [6.45, 7) is 1.17. The second-order valence-corrected chi connectivity index (χ2v) is 8.92. The van der Waals surface area contributed by atoms with Crippen LogP contribution in [0.4, 0.5) is 0 Å². The third kappa shape index (κ3) is 2.93. The first-order chi connectivity index (χ1) is 12.1. The summed E-state index contributed by atoms with van der Waals surface area (Å²) in [5, 5.41) is 1.70. The fraction of sp³-hybridized carbons (Fsp3) is 0.188. The topological polar surface area (TPSA) is 69.9 Å². The lowest BCUT2D eigenvalue weighted by atomic mass is 10.2. The molecule has 3 aromatic rings. The van der Waals surface area contributed by atoms with E-state index in [0.29, 0.717) is 29.5 Å². The summed E-state index contributed by atoms with van der Waals surface area (Å²) in [4.78, 5) is 0.323. The molecule has 3 heterocycles. The van der Waals surface area contributed by atoms with Crippen molar-refractivity contribution >= 4 is 42.9 Å². The molecule has 0 unspecified atom stereocenters. The maximum atomic E-state index is 12.5. The molecule has 0 amide bonds. The molecule has 2 aromatic heterocycles. The lowest BCUT2D eigenvalue weighted by Gasteiger charge is -2.18. The molecule has 1 aliphatic rings. The summed E-state index contributed by atoms with van der Waals surface area (Å²) in [5.41, 5.74) is 0.771. The summed E-state index contributed by atoms with van der Waals surface area (Å²) in [6.07, 6.45) is 5.46. The number of ether oxygens (including phenoxy) is 2. The zero-order valence-corrected chi connectivity index (χ0v) is 15.3. The van der Waals surface area contributed by atoms with E-state index in [1.54, 1.807) is 16.0 Å². The van der Waals surface area contributed by atoms with Crippen molar-refractivity contribution in [2.45, 2.75) is 10.8 Å². The fourth-order valence-corrected chi connectivity index (χ4v) is 5.69. The molecule has 0 fully saturated rings. The number of nitrogens with zero attached hydrogens (tertiary/aromatic N) is 2. The van der Waals surface area contributed by atoms with Crippen molar-refractivity contribution in [1.29, 1.82) is 0 Å². The van der Waals surface area contributed by atoms with E-state index in [-0.39, 0.29) is 10.8 Å². The van der Waals surface area contributed by atoms with Crippen LogP contribution in [0.5, 0.6) is 11.5 Å². The number of hydrogen-bond donors (Lipinski definition) is 0. The van der Waals surface area contributed by atoms with Crippen LogP contribution >= 0.6 is 22.7 Å².